The third-order valence-electron chi connectivity index (χ3n) is 1.56. The first-order valence-corrected chi connectivity index (χ1v) is 5.40. The summed E-state index contributed by atoms with van der Waals surface area (Å²) in [4.78, 5) is 4.18. The third-order valence-corrected chi connectivity index (χ3v) is 2.50. The molecule has 2 nitrogen and oxygen atoms in total. The number of nitrogens with zero attached hydrogens (tertiary/aromatic N) is 1. The number of alkyl halides is 1. The predicted molar refractivity (Wildman–Crippen MR) is 65.9 cm³/mol. The van der Waals surface area contributed by atoms with Crippen LogP contribution < -0.4 is 5.73 Å². The summed E-state index contributed by atoms with van der Waals surface area (Å²) < 4.78 is 1.19. The summed E-state index contributed by atoms with van der Waals surface area (Å²) in [5, 5.41) is 0. The fourth-order valence-electron chi connectivity index (χ4n) is 0.929. The van der Waals surface area contributed by atoms with Crippen LogP contribution in [0.25, 0.3) is 0 Å². The van der Waals surface area contributed by atoms with Gasteiger partial charge in [0.2, 0.25) is 0 Å². The predicted octanol–water partition coefficient (Wildman–Crippen LogP) is 2.83. The lowest BCUT2D eigenvalue weighted by Crippen LogP contribution is -2.12. The number of halogens is 2. The summed E-state index contributed by atoms with van der Waals surface area (Å²) in [5.74, 6) is 0.719. The van der Waals surface area contributed by atoms with Crippen LogP contribution in [0.5, 0.6) is 0 Å². The van der Waals surface area contributed by atoms with Crippen molar-refractivity contribution in [2.45, 2.75) is 6.92 Å². The maximum absolute atomic E-state index is 5.53. The highest BCUT2D eigenvalue weighted by Crippen LogP contribution is 2.20. The van der Waals surface area contributed by atoms with Gasteiger partial charge < -0.3 is 5.73 Å². The fourth-order valence-corrected chi connectivity index (χ4v) is 1.64. The van der Waals surface area contributed by atoms with E-state index in [-0.39, 0.29) is 5.88 Å². The van der Waals surface area contributed by atoms with Gasteiger partial charge in [0, 0.05) is 3.57 Å². The van der Waals surface area contributed by atoms with Crippen molar-refractivity contribution in [1.82, 2.24) is 0 Å². The molecule has 0 heterocycles. The molecular weight excluding hydrogens is 298 g/mol. The van der Waals surface area contributed by atoms with Crippen molar-refractivity contribution in [3.8, 4) is 0 Å². The van der Waals surface area contributed by atoms with Crippen LogP contribution in [0.1, 0.15) is 5.56 Å². The summed E-state index contributed by atoms with van der Waals surface area (Å²) in [5.41, 5.74) is 7.53. The van der Waals surface area contributed by atoms with E-state index in [1.54, 1.807) is 0 Å². The Balaban J connectivity index is 3.03. The van der Waals surface area contributed by atoms with Crippen LogP contribution in [0.3, 0.4) is 0 Å². The van der Waals surface area contributed by atoms with Gasteiger partial charge in [-0.2, -0.15) is 0 Å². The quantitative estimate of drug-likeness (QED) is 0.388. The lowest BCUT2D eigenvalue weighted by atomic mass is 10.2. The van der Waals surface area contributed by atoms with Crippen molar-refractivity contribution in [3.63, 3.8) is 0 Å². The molecule has 0 unspecified atom stereocenters. The zero-order chi connectivity index (χ0) is 9.84. The highest BCUT2D eigenvalue weighted by atomic mass is 127. The largest absolute Gasteiger partial charge is 0.386 e. The van der Waals surface area contributed by atoms with E-state index >= 15 is 0 Å². The molecule has 0 bridgehead atoms. The monoisotopic (exact) mass is 308 g/mol. The van der Waals surface area contributed by atoms with Crippen molar-refractivity contribution >= 4 is 45.7 Å². The minimum atomic E-state index is 0.269. The van der Waals surface area contributed by atoms with Gasteiger partial charge in [0.25, 0.3) is 0 Å². The molecule has 4 heteroatoms. The number of benzene rings is 1. The van der Waals surface area contributed by atoms with Gasteiger partial charge in [-0.25, -0.2) is 4.99 Å². The van der Waals surface area contributed by atoms with Crippen LogP contribution in [0.2, 0.25) is 0 Å². The molecule has 1 rings (SSSR count). The van der Waals surface area contributed by atoms with E-state index in [0.29, 0.717) is 5.84 Å². The second kappa shape index (κ2) is 4.81. The summed E-state index contributed by atoms with van der Waals surface area (Å²) in [6.07, 6.45) is 0. The normalized spacial score (nSPS) is 11.8. The minimum absolute atomic E-state index is 0.269. The molecule has 0 aliphatic carbocycles. The van der Waals surface area contributed by atoms with Gasteiger partial charge in [-0.3, -0.25) is 0 Å². The van der Waals surface area contributed by atoms with Gasteiger partial charge in [0.1, 0.15) is 5.84 Å². The number of aryl methyl sites for hydroxylation is 1. The van der Waals surface area contributed by atoms with Gasteiger partial charge in [-0.05, 0) is 53.3 Å². The molecule has 0 atom stereocenters. The number of hydrogen-bond acceptors (Lipinski definition) is 1. The molecule has 1 aromatic rings. The Morgan fingerprint density at radius 1 is 1.62 bits per heavy atom. The van der Waals surface area contributed by atoms with Crippen LogP contribution in [0.4, 0.5) is 5.69 Å². The van der Waals surface area contributed by atoms with Crippen molar-refractivity contribution in [2.24, 2.45) is 10.7 Å². The molecule has 2 N–H and O–H groups in total. The highest BCUT2D eigenvalue weighted by molar-refractivity contribution is 14.1. The highest BCUT2D eigenvalue weighted by Gasteiger charge is 1.97. The van der Waals surface area contributed by atoms with Crippen LogP contribution in [0, 0.1) is 10.5 Å². The first-order chi connectivity index (χ1) is 6.13. The Kier molecular flexibility index (Phi) is 3.99. The van der Waals surface area contributed by atoms with E-state index < -0.39 is 0 Å². The second-order valence-corrected chi connectivity index (χ2v) is 4.18. The number of amidine groups is 1. The van der Waals surface area contributed by atoms with E-state index in [0.717, 1.165) is 11.3 Å². The molecule has 0 aromatic heterocycles. The summed E-state index contributed by atoms with van der Waals surface area (Å²) in [6, 6.07) is 5.99. The topological polar surface area (TPSA) is 38.4 Å². The lowest BCUT2D eigenvalue weighted by molar-refractivity contribution is 1.36. The first-order valence-electron chi connectivity index (χ1n) is 3.78. The first kappa shape index (κ1) is 10.8. The Hall–Kier alpha value is -0.290. The van der Waals surface area contributed by atoms with Gasteiger partial charge in [0.15, 0.2) is 0 Å². The molecule has 0 spiro atoms. The van der Waals surface area contributed by atoms with Crippen molar-refractivity contribution in [3.05, 3.63) is 27.3 Å². The molecule has 1 aromatic carbocycles. The number of nitrogens with two attached hydrogens (primary N) is 1. The van der Waals surface area contributed by atoms with E-state index in [1.165, 1.54) is 3.57 Å². The Labute approximate surface area is 96.3 Å². The lowest BCUT2D eigenvalue weighted by Gasteiger charge is -2.01. The van der Waals surface area contributed by atoms with Crippen LogP contribution in [-0.2, 0) is 0 Å². The van der Waals surface area contributed by atoms with Crippen LogP contribution in [-0.4, -0.2) is 11.7 Å². The summed E-state index contributed by atoms with van der Waals surface area (Å²) in [6.45, 7) is 2.00. The second-order valence-electron chi connectivity index (χ2n) is 2.67. The van der Waals surface area contributed by atoms with Crippen LogP contribution in [0.15, 0.2) is 23.2 Å². The van der Waals surface area contributed by atoms with Gasteiger partial charge in [0.05, 0.1) is 11.6 Å². The fraction of sp³-hybridized carbons (Fsp3) is 0.222. The van der Waals surface area contributed by atoms with Gasteiger partial charge in [-0.15, -0.1) is 11.6 Å². The van der Waals surface area contributed by atoms with Gasteiger partial charge >= 0.3 is 0 Å². The average molecular weight is 309 g/mol. The van der Waals surface area contributed by atoms with Gasteiger partial charge in [-0.1, -0.05) is 0 Å². The molecule has 0 aliphatic rings. The minimum Gasteiger partial charge on any atom is -0.386 e. The summed E-state index contributed by atoms with van der Waals surface area (Å²) >= 11 is 7.79. The molecule has 0 radical (unpaired) electrons. The van der Waals surface area contributed by atoms with E-state index in [2.05, 4.69) is 33.6 Å². The molecule has 0 saturated heterocycles. The van der Waals surface area contributed by atoms with E-state index in [9.17, 15) is 0 Å². The molecule has 0 saturated carbocycles. The Bertz CT molecular complexity index is 336. The average Bonchev–Trinajstić information content (AvgIpc) is 2.09. The van der Waals surface area contributed by atoms with E-state index in [4.69, 9.17) is 17.3 Å². The van der Waals surface area contributed by atoms with Crippen LogP contribution >= 0.6 is 34.2 Å². The standard InChI is InChI=1S/C9H10ClIN2/c1-6-4-7(11)2-3-8(6)13-9(12)5-10/h2-4H,5H2,1H3,(H2,12,13). The molecule has 0 amide bonds. The molecular formula is C9H10ClIN2. The molecule has 0 fully saturated rings. The smallest absolute Gasteiger partial charge is 0.115 e. The zero-order valence-corrected chi connectivity index (χ0v) is 10.1. The Morgan fingerprint density at radius 3 is 2.85 bits per heavy atom. The third kappa shape index (κ3) is 3.15. The maximum Gasteiger partial charge on any atom is 0.115 e. The van der Waals surface area contributed by atoms with Crippen molar-refractivity contribution < 1.29 is 0 Å². The van der Waals surface area contributed by atoms with Crippen molar-refractivity contribution in [1.29, 1.82) is 0 Å². The zero-order valence-electron chi connectivity index (χ0n) is 7.22. The Morgan fingerprint density at radius 2 is 2.31 bits per heavy atom. The van der Waals surface area contributed by atoms with E-state index in [1.807, 2.05) is 19.1 Å². The summed E-state index contributed by atoms with van der Waals surface area (Å²) in [7, 11) is 0. The molecule has 13 heavy (non-hydrogen) atoms. The molecule has 0 aliphatic heterocycles. The number of rotatable bonds is 2. The number of hydrogen-bond donors (Lipinski definition) is 1. The van der Waals surface area contributed by atoms with Crippen molar-refractivity contribution in [2.75, 3.05) is 5.88 Å². The number of aliphatic imine (C=N–C) groups is 1. The molecule has 70 valence electrons. The maximum atomic E-state index is 5.53. The SMILES string of the molecule is Cc1cc(I)ccc1N=C(N)CCl.